The Morgan fingerprint density at radius 2 is 2.05 bits per heavy atom. The molecule has 5 nitrogen and oxygen atoms in total. The number of nitrogens with zero attached hydrogens (tertiary/aromatic N) is 1. The summed E-state index contributed by atoms with van der Waals surface area (Å²) in [7, 11) is 0. The maximum atomic E-state index is 12.4. The van der Waals surface area contributed by atoms with Gasteiger partial charge >= 0.3 is 0 Å². The zero-order chi connectivity index (χ0) is 14.4. The third-order valence-electron chi connectivity index (χ3n) is 3.19. The van der Waals surface area contributed by atoms with Crippen molar-refractivity contribution in [2.45, 2.75) is 52.7 Å². The van der Waals surface area contributed by atoms with Gasteiger partial charge in [0.2, 0.25) is 11.8 Å². The van der Waals surface area contributed by atoms with E-state index in [1.807, 2.05) is 13.8 Å². The molecule has 0 aromatic heterocycles. The number of amides is 2. The lowest BCUT2D eigenvalue weighted by Crippen LogP contribution is -2.47. The lowest BCUT2D eigenvalue weighted by Gasteiger charge is -2.27. The van der Waals surface area contributed by atoms with Crippen molar-refractivity contribution in [3.8, 4) is 0 Å². The maximum Gasteiger partial charge on any atom is 0.245 e. The first-order valence-corrected chi connectivity index (χ1v) is 7.13. The molecule has 2 atom stereocenters. The van der Waals surface area contributed by atoms with Crippen molar-refractivity contribution in [1.29, 1.82) is 0 Å². The monoisotopic (exact) mass is 270 g/mol. The fourth-order valence-corrected chi connectivity index (χ4v) is 2.36. The van der Waals surface area contributed by atoms with Gasteiger partial charge in [-0.3, -0.25) is 9.59 Å². The topological polar surface area (TPSA) is 58.6 Å². The Bertz CT molecular complexity index is 318. The van der Waals surface area contributed by atoms with Crippen LogP contribution in [0.1, 0.15) is 40.5 Å². The molecule has 2 amide bonds. The van der Waals surface area contributed by atoms with Crippen LogP contribution in [0, 0.1) is 5.92 Å². The van der Waals surface area contributed by atoms with Gasteiger partial charge in [0.15, 0.2) is 0 Å². The van der Waals surface area contributed by atoms with Crippen LogP contribution in [0.4, 0.5) is 0 Å². The molecule has 110 valence electrons. The van der Waals surface area contributed by atoms with Crippen LogP contribution in [-0.4, -0.2) is 48.6 Å². The standard InChI is InChI=1S/C14H26N2O3/c1-5-19-11(4)9-16-7-6-13(17)15-12(14(16)18)8-10(2)3/h10-12H,5-9H2,1-4H3,(H,15,17). The molecular formula is C14H26N2O3. The lowest BCUT2D eigenvalue weighted by molar-refractivity contribution is -0.135. The Labute approximate surface area is 115 Å². The highest BCUT2D eigenvalue weighted by molar-refractivity contribution is 5.89. The van der Waals surface area contributed by atoms with Gasteiger partial charge in [0.05, 0.1) is 6.10 Å². The van der Waals surface area contributed by atoms with Gasteiger partial charge in [-0.15, -0.1) is 0 Å². The van der Waals surface area contributed by atoms with Crippen molar-refractivity contribution in [2.24, 2.45) is 5.92 Å². The molecule has 1 rings (SSSR count). The molecule has 1 heterocycles. The van der Waals surface area contributed by atoms with Gasteiger partial charge in [0, 0.05) is 26.1 Å². The number of carbonyl (C=O) groups is 2. The average molecular weight is 270 g/mol. The molecule has 0 radical (unpaired) electrons. The smallest absolute Gasteiger partial charge is 0.245 e. The van der Waals surface area contributed by atoms with E-state index in [0.717, 1.165) is 0 Å². The van der Waals surface area contributed by atoms with E-state index in [1.54, 1.807) is 4.90 Å². The molecule has 19 heavy (non-hydrogen) atoms. The number of carbonyl (C=O) groups excluding carboxylic acids is 2. The van der Waals surface area contributed by atoms with Gasteiger partial charge in [-0.05, 0) is 26.2 Å². The van der Waals surface area contributed by atoms with E-state index in [0.29, 0.717) is 38.5 Å². The highest BCUT2D eigenvalue weighted by atomic mass is 16.5. The minimum absolute atomic E-state index is 0.00171. The van der Waals surface area contributed by atoms with Crippen LogP contribution in [0.3, 0.4) is 0 Å². The third-order valence-corrected chi connectivity index (χ3v) is 3.19. The minimum Gasteiger partial charge on any atom is -0.377 e. The van der Waals surface area contributed by atoms with Crippen molar-refractivity contribution >= 4 is 11.8 Å². The first-order chi connectivity index (χ1) is 8.93. The predicted molar refractivity (Wildman–Crippen MR) is 73.7 cm³/mol. The molecule has 1 aliphatic heterocycles. The first kappa shape index (κ1) is 16.0. The Kier molecular flexibility index (Phi) is 6.28. The SMILES string of the molecule is CCOC(C)CN1CCC(=O)NC(CC(C)C)C1=O. The average Bonchev–Trinajstić information content (AvgIpc) is 2.43. The largest absolute Gasteiger partial charge is 0.377 e. The summed E-state index contributed by atoms with van der Waals surface area (Å²) >= 11 is 0. The summed E-state index contributed by atoms with van der Waals surface area (Å²) in [5, 5.41) is 2.82. The number of nitrogens with one attached hydrogen (secondary N) is 1. The van der Waals surface area contributed by atoms with Crippen LogP contribution in [-0.2, 0) is 14.3 Å². The van der Waals surface area contributed by atoms with Crippen molar-refractivity contribution < 1.29 is 14.3 Å². The number of hydrogen-bond donors (Lipinski definition) is 1. The van der Waals surface area contributed by atoms with Gasteiger partial charge in [0.25, 0.3) is 0 Å². The Balaban J connectivity index is 2.69. The molecule has 1 fully saturated rings. The zero-order valence-electron chi connectivity index (χ0n) is 12.4. The van der Waals surface area contributed by atoms with Crippen LogP contribution in [0.2, 0.25) is 0 Å². The number of rotatable bonds is 6. The molecular weight excluding hydrogens is 244 g/mol. The summed E-state index contributed by atoms with van der Waals surface area (Å²) in [6, 6.07) is -0.385. The molecule has 0 spiro atoms. The predicted octanol–water partition coefficient (Wildman–Crippen LogP) is 1.17. The van der Waals surface area contributed by atoms with Crippen LogP contribution in [0.25, 0.3) is 0 Å². The van der Waals surface area contributed by atoms with E-state index in [2.05, 4.69) is 19.2 Å². The Morgan fingerprint density at radius 3 is 2.63 bits per heavy atom. The van der Waals surface area contributed by atoms with Crippen LogP contribution < -0.4 is 5.32 Å². The summed E-state index contributed by atoms with van der Waals surface area (Å²) in [5.41, 5.74) is 0. The van der Waals surface area contributed by atoms with Gasteiger partial charge in [0.1, 0.15) is 6.04 Å². The normalized spacial score (nSPS) is 22.4. The van der Waals surface area contributed by atoms with Crippen LogP contribution >= 0.6 is 0 Å². The van der Waals surface area contributed by atoms with Crippen LogP contribution in [0.5, 0.6) is 0 Å². The molecule has 0 aromatic rings. The molecule has 1 aliphatic rings. The van der Waals surface area contributed by atoms with Gasteiger partial charge in [-0.1, -0.05) is 13.8 Å². The molecule has 1 saturated heterocycles. The molecule has 0 saturated carbocycles. The Hall–Kier alpha value is -1.10. The molecule has 1 N–H and O–H groups in total. The van der Waals surface area contributed by atoms with E-state index in [9.17, 15) is 9.59 Å². The fraction of sp³-hybridized carbons (Fsp3) is 0.857. The molecule has 0 aliphatic carbocycles. The minimum atomic E-state index is -0.385. The first-order valence-electron chi connectivity index (χ1n) is 7.13. The van der Waals surface area contributed by atoms with Crippen molar-refractivity contribution in [3.05, 3.63) is 0 Å². The van der Waals surface area contributed by atoms with Crippen LogP contribution in [0.15, 0.2) is 0 Å². The second-order valence-electron chi connectivity index (χ2n) is 5.55. The summed E-state index contributed by atoms with van der Waals surface area (Å²) in [6.45, 7) is 9.67. The van der Waals surface area contributed by atoms with Crippen molar-refractivity contribution in [1.82, 2.24) is 10.2 Å². The van der Waals surface area contributed by atoms with E-state index in [-0.39, 0.29) is 24.0 Å². The van der Waals surface area contributed by atoms with Crippen molar-refractivity contribution in [2.75, 3.05) is 19.7 Å². The second-order valence-corrected chi connectivity index (χ2v) is 5.55. The third kappa shape index (κ3) is 5.19. The summed E-state index contributed by atoms with van der Waals surface area (Å²) in [5.74, 6) is 0.357. The van der Waals surface area contributed by atoms with Gasteiger partial charge in [-0.25, -0.2) is 0 Å². The van der Waals surface area contributed by atoms with Gasteiger partial charge in [-0.2, -0.15) is 0 Å². The highest BCUT2D eigenvalue weighted by Gasteiger charge is 2.30. The van der Waals surface area contributed by atoms with E-state index in [1.165, 1.54) is 0 Å². The molecule has 0 aromatic carbocycles. The molecule has 5 heteroatoms. The summed E-state index contributed by atoms with van der Waals surface area (Å²) in [4.78, 5) is 25.8. The van der Waals surface area contributed by atoms with E-state index in [4.69, 9.17) is 4.74 Å². The summed E-state index contributed by atoms with van der Waals surface area (Å²) in [6.07, 6.45) is 1.06. The van der Waals surface area contributed by atoms with Crippen molar-refractivity contribution in [3.63, 3.8) is 0 Å². The van der Waals surface area contributed by atoms with E-state index >= 15 is 0 Å². The molecule has 2 unspecified atom stereocenters. The number of ether oxygens (including phenoxy) is 1. The fourth-order valence-electron chi connectivity index (χ4n) is 2.36. The lowest BCUT2D eigenvalue weighted by atomic mass is 10.0. The molecule has 0 bridgehead atoms. The second kappa shape index (κ2) is 7.48. The Morgan fingerprint density at radius 1 is 1.37 bits per heavy atom. The number of hydrogen-bond acceptors (Lipinski definition) is 3. The highest BCUT2D eigenvalue weighted by Crippen LogP contribution is 2.12. The maximum absolute atomic E-state index is 12.4. The van der Waals surface area contributed by atoms with E-state index < -0.39 is 0 Å². The zero-order valence-corrected chi connectivity index (χ0v) is 12.4. The summed E-state index contributed by atoms with van der Waals surface area (Å²) < 4.78 is 5.48. The van der Waals surface area contributed by atoms with Gasteiger partial charge < -0.3 is 15.0 Å². The quantitative estimate of drug-likeness (QED) is 0.788.